The van der Waals surface area contributed by atoms with Crippen LogP contribution in [0.4, 0.5) is 0 Å². The standard InChI is InChI=1S/C17H26N2O3/c1-3-9-19(10-4-2)17(20)7-8-18-12-14-5-6-15-16(11-14)22-13-21-15/h5-6,11,18H,3-4,7-10,12-13H2,1-2H3. The zero-order valence-electron chi connectivity index (χ0n) is 13.6. The smallest absolute Gasteiger partial charge is 0.231 e. The van der Waals surface area contributed by atoms with Crippen LogP contribution in [0.15, 0.2) is 18.2 Å². The Morgan fingerprint density at radius 1 is 1.18 bits per heavy atom. The summed E-state index contributed by atoms with van der Waals surface area (Å²) in [5.74, 6) is 1.84. The minimum absolute atomic E-state index is 0.238. The van der Waals surface area contributed by atoms with Crippen molar-refractivity contribution in [2.24, 2.45) is 0 Å². The van der Waals surface area contributed by atoms with Crippen LogP contribution in [0.1, 0.15) is 38.7 Å². The summed E-state index contributed by atoms with van der Waals surface area (Å²) in [5, 5.41) is 3.32. The van der Waals surface area contributed by atoms with Crippen LogP contribution in [-0.4, -0.2) is 37.2 Å². The van der Waals surface area contributed by atoms with Crippen LogP contribution in [-0.2, 0) is 11.3 Å². The highest BCUT2D eigenvalue weighted by molar-refractivity contribution is 5.76. The van der Waals surface area contributed by atoms with Crippen LogP contribution in [0.5, 0.6) is 11.5 Å². The average Bonchev–Trinajstić information content (AvgIpc) is 2.98. The molecule has 1 aromatic rings. The van der Waals surface area contributed by atoms with Gasteiger partial charge in [-0.15, -0.1) is 0 Å². The molecule has 0 saturated carbocycles. The number of nitrogens with zero attached hydrogens (tertiary/aromatic N) is 1. The number of hydrogen-bond acceptors (Lipinski definition) is 4. The molecule has 0 spiro atoms. The second-order valence-corrected chi connectivity index (χ2v) is 5.50. The Morgan fingerprint density at radius 3 is 2.64 bits per heavy atom. The molecule has 1 aliphatic heterocycles. The van der Waals surface area contributed by atoms with Crippen molar-refractivity contribution in [1.82, 2.24) is 10.2 Å². The normalized spacial score (nSPS) is 12.5. The summed E-state index contributed by atoms with van der Waals surface area (Å²) < 4.78 is 10.6. The Morgan fingerprint density at radius 2 is 1.91 bits per heavy atom. The van der Waals surface area contributed by atoms with Crippen LogP contribution in [0.2, 0.25) is 0 Å². The molecule has 0 atom stereocenters. The second kappa shape index (κ2) is 8.63. The van der Waals surface area contributed by atoms with Gasteiger partial charge < -0.3 is 19.7 Å². The lowest BCUT2D eigenvalue weighted by Crippen LogP contribution is -2.34. The molecular formula is C17H26N2O3. The number of carbonyl (C=O) groups excluding carboxylic acids is 1. The van der Waals surface area contributed by atoms with Gasteiger partial charge in [0.05, 0.1) is 0 Å². The number of carbonyl (C=O) groups is 1. The molecule has 0 unspecified atom stereocenters. The van der Waals surface area contributed by atoms with E-state index >= 15 is 0 Å². The van der Waals surface area contributed by atoms with Gasteiger partial charge in [-0.2, -0.15) is 0 Å². The Labute approximate surface area is 132 Å². The number of fused-ring (bicyclic) bond motifs is 1. The van der Waals surface area contributed by atoms with Gasteiger partial charge in [-0.3, -0.25) is 4.79 Å². The quantitative estimate of drug-likeness (QED) is 0.712. The molecule has 122 valence electrons. The van der Waals surface area contributed by atoms with Gasteiger partial charge in [0, 0.05) is 32.6 Å². The zero-order valence-corrected chi connectivity index (χ0v) is 13.6. The third-order valence-electron chi connectivity index (χ3n) is 3.62. The molecule has 0 radical (unpaired) electrons. The Bertz CT molecular complexity index is 485. The summed E-state index contributed by atoms with van der Waals surface area (Å²) in [4.78, 5) is 14.1. The fraction of sp³-hybridized carbons (Fsp3) is 0.588. The highest BCUT2D eigenvalue weighted by Gasteiger charge is 2.13. The molecule has 1 heterocycles. The van der Waals surface area contributed by atoms with Gasteiger partial charge in [0.25, 0.3) is 0 Å². The predicted molar refractivity (Wildman–Crippen MR) is 86.1 cm³/mol. The summed E-state index contributed by atoms with van der Waals surface area (Å²) in [6.07, 6.45) is 2.57. The Balaban J connectivity index is 1.71. The SMILES string of the molecule is CCCN(CCC)C(=O)CCNCc1ccc2c(c1)OCO2. The van der Waals surface area contributed by atoms with Crippen molar-refractivity contribution in [2.75, 3.05) is 26.4 Å². The molecule has 1 amide bonds. The van der Waals surface area contributed by atoms with E-state index in [1.54, 1.807) is 0 Å². The number of nitrogens with one attached hydrogen (secondary N) is 1. The van der Waals surface area contributed by atoms with E-state index in [2.05, 4.69) is 19.2 Å². The maximum atomic E-state index is 12.1. The Kier molecular flexibility index (Phi) is 6.52. The highest BCUT2D eigenvalue weighted by Crippen LogP contribution is 2.32. The zero-order chi connectivity index (χ0) is 15.8. The molecule has 5 nitrogen and oxygen atoms in total. The van der Waals surface area contributed by atoms with Gasteiger partial charge >= 0.3 is 0 Å². The molecule has 5 heteroatoms. The van der Waals surface area contributed by atoms with E-state index < -0.39 is 0 Å². The molecule has 1 aromatic carbocycles. The molecular weight excluding hydrogens is 280 g/mol. The third-order valence-corrected chi connectivity index (χ3v) is 3.62. The largest absolute Gasteiger partial charge is 0.454 e. The predicted octanol–water partition coefficient (Wildman–Crippen LogP) is 2.54. The van der Waals surface area contributed by atoms with Crippen molar-refractivity contribution in [3.8, 4) is 11.5 Å². The summed E-state index contributed by atoms with van der Waals surface area (Å²) in [5.41, 5.74) is 1.13. The van der Waals surface area contributed by atoms with E-state index in [0.29, 0.717) is 19.8 Å². The summed E-state index contributed by atoms with van der Waals surface area (Å²) >= 11 is 0. The van der Waals surface area contributed by atoms with Crippen LogP contribution < -0.4 is 14.8 Å². The lowest BCUT2D eigenvalue weighted by molar-refractivity contribution is -0.131. The van der Waals surface area contributed by atoms with E-state index in [0.717, 1.165) is 49.5 Å². The number of benzene rings is 1. The van der Waals surface area contributed by atoms with Crippen LogP contribution in [0.25, 0.3) is 0 Å². The molecule has 0 saturated heterocycles. The third kappa shape index (κ3) is 4.63. The maximum absolute atomic E-state index is 12.1. The van der Waals surface area contributed by atoms with Crippen molar-refractivity contribution < 1.29 is 14.3 Å². The first-order valence-corrected chi connectivity index (χ1v) is 8.11. The van der Waals surface area contributed by atoms with Crippen molar-refractivity contribution >= 4 is 5.91 Å². The highest BCUT2D eigenvalue weighted by atomic mass is 16.7. The molecule has 22 heavy (non-hydrogen) atoms. The first kappa shape index (κ1) is 16.6. The minimum Gasteiger partial charge on any atom is -0.454 e. The minimum atomic E-state index is 0.238. The van der Waals surface area contributed by atoms with Gasteiger partial charge in [0.15, 0.2) is 11.5 Å². The number of amides is 1. The van der Waals surface area contributed by atoms with E-state index in [9.17, 15) is 4.79 Å². The summed E-state index contributed by atoms with van der Waals surface area (Å²) in [6, 6.07) is 5.93. The van der Waals surface area contributed by atoms with Crippen LogP contribution in [0.3, 0.4) is 0 Å². The van der Waals surface area contributed by atoms with Crippen molar-refractivity contribution in [1.29, 1.82) is 0 Å². The lowest BCUT2D eigenvalue weighted by Gasteiger charge is -2.21. The molecule has 0 fully saturated rings. The first-order valence-electron chi connectivity index (χ1n) is 8.11. The van der Waals surface area contributed by atoms with E-state index in [1.165, 1.54) is 0 Å². The molecule has 1 N–H and O–H groups in total. The summed E-state index contributed by atoms with van der Waals surface area (Å²) in [6.45, 7) is 7.64. The molecule has 2 rings (SSSR count). The van der Waals surface area contributed by atoms with Crippen molar-refractivity contribution in [3.63, 3.8) is 0 Å². The fourth-order valence-corrected chi connectivity index (χ4v) is 2.54. The van der Waals surface area contributed by atoms with Crippen LogP contribution >= 0.6 is 0 Å². The molecule has 0 aromatic heterocycles. The van der Waals surface area contributed by atoms with Crippen molar-refractivity contribution in [3.05, 3.63) is 23.8 Å². The van der Waals surface area contributed by atoms with Crippen LogP contribution in [0, 0.1) is 0 Å². The second-order valence-electron chi connectivity index (χ2n) is 5.50. The molecule has 0 bridgehead atoms. The first-order chi connectivity index (χ1) is 10.7. The average molecular weight is 306 g/mol. The molecule has 1 aliphatic rings. The fourth-order valence-electron chi connectivity index (χ4n) is 2.54. The van der Waals surface area contributed by atoms with E-state index in [-0.39, 0.29) is 5.91 Å². The van der Waals surface area contributed by atoms with E-state index in [4.69, 9.17) is 9.47 Å². The number of ether oxygens (including phenoxy) is 2. The topological polar surface area (TPSA) is 50.8 Å². The van der Waals surface area contributed by atoms with Gasteiger partial charge in [0.1, 0.15) is 0 Å². The summed E-state index contributed by atoms with van der Waals surface area (Å²) in [7, 11) is 0. The van der Waals surface area contributed by atoms with Gasteiger partial charge in [-0.25, -0.2) is 0 Å². The van der Waals surface area contributed by atoms with Gasteiger partial charge in [-0.1, -0.05) is 19.9 Å². The number of hydrogen-bond donors (Lipinski definition) is 1. The lowest BCUT2D eigenvalue weighted by atomic mass is 10.2. The van der Waals surface area contributed by atoms with Gasteiger partial charge in [0.2, 0.25) is 12.7 Å². The van der Waals surface area contributed by atoms with Gasteiger partial charge in [-0.05, 0) is 30.5 Å². The monoisotopic (exact) mass is 306 g/mol. The Hall–Kier alpha value is -1.75. The molecule has 0 aliphatic carbocycles. The maximum Gasteiger partial charge on any atom is 0.231 e. The van der Waals surface area contributed by atoms with Crippen molar-refractivity contribution in [2.45, 2.75) is 39.7 Å². The van der Waals surface area contributed by atoms with E-state index in [1.807, 2.05) is 23.1 Å². The number of rotatable bonds is 9.